The van der Waals surface area contributed by atoms with Crippen LogP contribution in [0.4, 0.5) is 34.1 Å². The lowest BCUT2D eigenvalue weighted by molar-refractivity contribution is 1.25. The zero-order valence-corrected chi connectivity index (χ0v) is 21.0. The Morgan fingerprint density at radius 3 is 1.72 bits per heavy atom. The molecular weight excluding hydrogens is 471 g/mol. The molecule has 2 aliphatic heterocycles. The van der Waals surface area contributed by atoms with Crippen molar-refractivity contribution in [3.05, 3.63) is 152 Å². The Hall–Kier alpha value is -5.02. The van der Waals surface area contributed by atoms with E-state index in [0.717, 1.165) is 45.0 Å². The molecule has 0 bridgehead atoms. The van der Waals surface area contributed by atoms with Crippen LogP contribution in [-0.4, -0.2) is 6.71 Å². The van der Waals surface area contributed by atoms with Crippen LogP contribution in [0.1, 0.15) is 6.85 Å². The van der Waals surface area contributed by atoms with E-state index < -0.39 is 6.04 Å². The molecule has 3 heteroatoms. The molecule has 0 saturated carbocycles. The molecule has 8 rings (SSSR count). The lowest BCUT2D eigenvalue weighted by Crippen LogP contribution is -2.61. The maximum absolute atomic E-state index is 8.78. The highest BCUT2D eigenvalue weighted by molar-refractivity contribution is 7.00. The first-order valence-corrected chi connectivity index (χ1v) is 13.1. The van der Waals surface area contributed by atoms with E-state index >= 15 is 0 Å². The Balaban J connectivity index is 1.45. The van der Waals surface area contributed by atoms with Crippen LogP contribution in [0.15, 0.2) is 152 Å². The van der Waals surface area contributed by atoms with Crippen LogP contribution < -0.4 is 26.2 Å². The van der Waals surface area contributed by atoms with Crippen molar-refractivity contribution < 1.29 is 6.85 Å². The third kappa shape index (κ3) is 3.30. The van der Waals surface area contributed by atoms with Gasteiger partial charge in [0.15, 0.2) is 0 Å². The number of nitrogens with zero attached hydrogens (tertiary/aromatic N) is 2. The number of fused-ring (bicyclic) bond motifs is 4. The molecule has 0 atom stereocenters. The van der Waals surface area contributed by atoms with Crippen LogP contribution >= 0.6 is 0 Å². The molecule has 0 amide bonds. The van der Waals surface area contributed by atoms with Crippen LogP contribution in [-0.2, 0) is 0 Å². The molecule has 2 aliphatic rings. The quantitative estimate of drug-likeness (QED) is 0.232. The van der Waals surface area contributed by atoms with Crippen molar-refractivity contribution in [1.29, 1.82) is 0 Å². The van der Waals surface area contributed by atoms with Crippen LogP contribution in [0.25, 0.3) is 11.1 Å². The highest BCUT2D eigenvalue weighted by Gasteiger charge is 2.42. The molecule has 0 aliphatic carbocycles. The standard InChI is InChI=1S/C36H25BN2/c1-3-14-26(15-4-1)28-18-7-10-21-31(28)39-33-23-12-9-20-30(33)37-29-19-8-11-22-32(29)38(27-16-5-2-6-17-27)34-24-13-25-35(39)36(34)37/h1-25H/i1D,3D,4D,14D,15D. The van der Waals surface area contributed by atoms with Crippen LogP contribution in [0.5, 0.6) is 0 Å². The van der Waals surface area contributed by atoms with Gasteiger partial charge in [-0.05, 0) is 64.4 Å². The van der Waals surface area contributed by atoms with E-state index in [4.69, 9.17) is 6.85 Å². The predicted molar refractivity (Wildman–Crippen MR) is 166 cm³/mol. The Labute approximate surface area is 236 Å². The first-order chi connectivity index (χ1) is 21.5. The fraction of sp³-hybridized carbons (Fsp3) is 0. The summed E-state index contributed by atoms with van der Waals surface area (Å²) in [5.74, 6) is 0. The first kappa shape index (κ1) is 17.5. The number of hydrogen-bond acceptors (Lipinski definition) is 2. The van der Waals surface area contributed by atoms with Crippen molar-refractivity contribution in [2.75, 3.05) is 9.80 Å². The third-order valence-electron chi connectivity index (χ3n) is 7.74. The van der Waals surface area contributed by atoms with E-state index in [0.29, 0.717) is 5.56 Å². The lowest BCUT2D eigenvalue weighted by Gasteiger charge is -2.44. The molecule has 0 fully saturated rings. The fourth-order valence-corrected chi connectivity index (χ4v) is 6.22. The summed E-state index contributed by atoms with van der Waals surface area (Å²) in [5.41, 5.74) is 10.3. The van der Waals surface area contributed by atoms with Gasteiger partial charge in [-0.3, -0.25) is 0 Å². The van der Waals surface area contributed by atoms with Gasteiger partial charge in [0, 0.05) is 34.0 Å². The number of para-hydroxylation sites is 4. The second-order valence-electron chi connectivity index (χ2n) is 9.78. The molecule has 0 aromatic heterocycles. The Bertz CT molecular complexity index is 2090. The summed E-state index contributed by atoms with van der Waals surface area (Å²) < 4.78 is 42.5. The maximum atomic E-state index is 8.78. The van der Waals surface area contributed by atoms with E-state index in [9.17, 15) is 0 Å². The van der Waals surface area contributed by atoms with E-state index in [1.807, 2.05) is 36.4 Å². The molecule has 0 N–H and O–H groups in total. The molecule has 182 valence electrons. The van der Waals surface area contributed by atoms with Gasteiger partial charge in [-0.2, -0.15) is 0 Å². The molecule has 6 aromatic carbocycles. The summed E-state index contributed by atoms with van der Waals surface area (Å²) in [6, 6.07) is 39.8. The van der Waals surface area contributed by atoms with Gasteiger partial charge in [0.25, 0.3) is 6.71 Å². The molecule has 2 nitrogen and oxygen atoms in total. The van der Waals surface area contributed by atoms with Crippen LogP contribution in [0.2, 0.25) is 0 Å². The van der Waals surface area contributed by atoms with E-state index in [1.165, 1.54) is 5.46 Å². The summed E-state index contributed by atoms with van der Waals surface area (Å²) in [6.07, 6.45) is 0. The molecule has 6 aromatic rings. The summed E-state index contributed by atoms with van der Waals surface area (Å²) in [7, 11) is 0. The average Bonchev–Trinajstić information content (AvgIpc) is 3.07. The zero-order valence-electron chi connectivity index (χ0n) is 26.0. The average molecular weight is 501 g/mol. The first-order valence-electron chi connectivity index (χ1n) is 15.6. The van der Waals surface area contributed by atoms with E-state index in [1.54, 1.807) is 0 Å². The number of rotatable bonds is 3. The monoisotopic (exact) mass is 501 g/mol. The minimum Gasteiger partial charge on any atom is -0.311 e. The minimum atomic E-state index is -0.399. The van der Waals surface area contributed by atoms with Gasteiger partial charge >= 0.3 is 0 Å². The highest BCUT2D eigenvalue weighted by Crippen LogP contribution is 2.45. The third-order valence-corrected chi connectivity index (χ3v) is 7.74. The van der Waals surface area contributed by atoms with Gasteiger partial charge in [-0.1, -0.05) is 109 Å². The van der Waals surface area contributed by atoms with Gasteiger partial charge in [0.2, 0.25) is 0 Å². The van der Waals surface area contributed by atoms with Crippen molar-refractivity contribution in [2.24, 2.45) is 0 Å². The fourth-order valence-electron chi connectivity index (χ4n) is 6.22. The molecule has 39 heavy (non-hydrogen) atoms. The number of benzene rings is 6. The second kappa shape index (κ2) is 8.78. The van der Waals surface area contributed by atoms with E-state index in [2.05, 4.69) is 94.7 Å². The Morgan fingerprint density at radius 2 is 1.00 bits per heavy atom. The van der Waals surface area contributed by atoms with Crippen molar-refractivity contribution >= 4 is 57.2 Å². The minimum absolute atomic E-state index is 0.0160. The maximum Gasteiger partial charge on any atom is 0.252 e. The van der Waals surface area contributed by atoms with Gasteiger partial charge < -0.3 is 9.80 Å². The van der Waals surface area contributed by atoms with Crippen molar-refractivity contribution in [3.8, 4) is 11.1 Å². The Kier molecular flexibility index (Phi) is 3.94. The molecule has 0 unspecified atom stereocenters. The molecule has 0 spiro atoms. The summed E-state index contributed by atoms with van der Waals surface area (Å²) >= 11 is 0. The van der Waals surface area contributed by atoms with E-state index in [-0.39, 0.29) is 36.4 Å². The molecule has 0 radical (unpaired) electrons. The topological polar surface area (TPSA) is 6.48 Å². The van der Waals surface area contributed by atoms with Crippen LogP contribution in [0, 0.1) is 0 Å². The van der Waals surface area contributed by atoms with Crippen molar-refractivity contribution in [2.45, 2.75) is 0 Å². The molecule has 2 heterocycles. The Morgan fingerprint density at radius 1 is 0.462 bits per heavy atom. The molecule has 0 saturated heterocycles. The van der Waals surface area contributed by atoms with Crippen molar-refractivity contribution in [1.82, 2.24) is 0 Å². The SMILES string of the molecule is [2H]c1c([2H])c([2H])c(-c2ccccc2N2c3ccccc3B3c4ccccc4N(c4ccccc4)c4cccc2c43)c([2H])c1[2H]. The van der Waals surface area contributed by atoms with Crippen molar-refractivity contribution in [3.63, 3.8) is 0 Å². The highest BCUT2D eigenvalue weighted by atomic mass is 15.2. The molecular formula is C36H25BN2. The number of anilines is 6. The number of hydrogen-bond donors (Lipinski definition) is 0. The van der Waals surface area contributed by atoms with Gasteiger partial charge in [-0.15, -0.1) is 0 Å². The second-order valence-corrected chi connectivity index (χ2v) is 9.78. The predicted octanol–water partition coefficient (Wildman–Crippen LogP) is 7.44. The summed E-state index contributed by atoms with van der Waals surface area (Å²) in [6.45, 7) is -0.0160. The smallest absolute Gasteiger partial charge is 0.252 e. The van der Waals surface area contributed by atoms with Gasteiger partial charge in [-0.25, -0.2) is 0 Å². The van der Waals surface area contributed by atoms with Gasteiger partial charge in [0.1, 0.15) is 0 Å². The zero-order chi connectivity index (χ0) is 30.1. The normalized spacial score (nSPS) is 14.8. The lowest BCUT2D eigenvalue weighted by atomic mass is 9.33. The largest absolute Gasteiger partial charge is 0.311 e. The van der Waals surface area contributed by atoms with Crippen LogP contribution in [0.3, 0.4) is 0 Å². The van der Waals surface area contributed by atoms with Gasteiger partial charge in [0.05, 0.1) is 12.5 Å². The summed E-state index contributed by atoms with van der Waals surface area (Å²) in [4.78, 5) is 4.51. The summed E-state index contributed by atoms with van der Waals surface area (Å²) in [5, 5.41) is 0.